The van der Waals surface area contributed by atoms with Gasteiger partial charge in [-0.1, -0.05) is 18.7 Å². The van der Waals surface area contributed by atoms with Gasteiger partial charge in [0.1, 0.15) is 18.2 Å². The Bertz CT molecular complexity index is 596. The van der Waals surface area contributed by atoms with E-state index in [4.69, 9.17) is 10.5 Å². The number of ether oxygens (including phenoxy) is 1. The van der Waals surface area contributed by atoms with Gasteiger partial charge in [-0.05, 0) is 56.2 Å². The molecule has 152 valence electrons. The summed E-state index contributed by atoms with van der Waals surface area (Å²) in [6.07, 6.45) is 4.08. The van der Waals surface area contributed by atoms with E-state index < -0.39 is 0 Å². The Labute approximate surface area is 165 Å². The molecule has 0 amide bonds. The summed E-state index contributed by atoms with van der Waals surface area (Å²) >= 11 is 0.126. The maximum Gasteiger partial charge on any atom is 0.131 e. The van der Waals surface area contributed by atoms with E-state index in [9.17, 15) is 8.28 Å². The molecule has 1 saturated carbocycles. The Hall–Kier alpha value is -1.31. The number of nitrogens with zero attached hydrogens (tertiary/aromatic N) is 1. The van der Waals surface area contributed by atoms with Crippen molar-refractivity contribution in [1.29, 1.82) is 0 Å². The SMILES string of the molecule is C=C(N)N(C)CC(COC1CCC(c2cccc(F)c2)CC1)C(C)NSF. The smallest absolute Gasteiger partial charge is 0.131 e. The molecule has 1 fully saturated rings. The van der Waals surface area contributed by atoms with E-state index in [1.165, 1.54) is 6.07 Å². The van der Waals surface area contributed by atoms with Gasteiger partial charge in [-0.3, -0.25) is 0 Å². The van der Waals surface area contributed by atoms with Crippen molar-refractivity contribution >= 4 is 12.3 Å². The van der Waals surface area contributed by atoms with Gasteiger partial charge in [-0.25, -0.2) is 9.11 Å². The number of hydrogen-bond donors (Lipinski definition) is 2. The van der Waals surface area contributed by atoms with Gasteiger partial charge in [0.2, 0.25) is 0 Å². The molecule has 0 bridgehead atoms. The predicted octanol–water partition coefficient (Wildman–Crippen LogP) is 4.36. The van der Waals surface area contributed by atoms with E-state index in [0.29, 0.717) is 24.9 Å². The first-order valence-electron chi connectivity index (χ1n) is 9.46. The average molecular weight is 400 g/mol. The Morgan fingerprint density at radius 2 is 2.11 bits per heavy atom. The Kier molecular flexibility index (Phi) is 8.86. The third kappa shape index (κ3) is 6.97. The Morgan fingerprint density at radius 3 is 2.70 bits per heavy atom. The van der Waals surface area contributed by atoms with Crippen LogP contribution in [-0.4, -0.2) is 37.2 Å². The number of halogens is 2. The van der Waals surface area contributed by atoms with Gasteiger partial charge in [-0.15, -0.1) is 3.89 Å². The number of rotatable bonds is 10. The lowest BCUT2D eigenvalue weighted by Crippen LogP contribution is -2.41. The molecule has 0 aromatic heterocycles. The molecular weight excluding hydrogens is 368 g/mol. The highest BCUT2D eigenvalue weighted by Crippen LogP contribution is 2.34. The minimum Gasteiger partial charge on any atom is -0.386 e. The molecule has 1 aromatic carbocycles. The van der Waals surface area contributed by atoms with Gasteiger partial charge in [0, 0.05) is 25.6 Å². The molecule has 7 heteroatoms. The fraction of sp³-hybridized carbons (Fsp3) is 0.600. The largest absolute Gasteiger partial charge is 0.386 e. The maximum atomic E-state index is 13.4. The van der Waals surface area contributed by atoms with Gasteiger partial charge in [0.05, 0.1) is 18.5 Å². The first kappa shape index (κ1) is 22.0. The second-order valence-electron chi connectivity index (χ2n) is 7.48. The van der Waals surface area contributed by atoms with Crippen LogP contribution in [0, 0.1) is 11.7 Å². The molecule has 2 atom stereocenters. The monoisotopic (exact) mass is 399 g/mol. The lowest BCUT2D eigenvalue weighted by molar-refractivity contribution is -0.00368. The van der Waals surface area contributed by atoms with Gasteiger partial charge in [-0.2, -0.15) is 0 Å². The molecule has 27 heavy (non-hydrogen) atoms. The highest BCUT2D eigenvalue weighted by Gasteiger charge is 2.26. The molecule has 0 radical (unpaired) electrons. The van der Waals surface area contributed by atoms with Crippen LogP contribution in [0.3, 0.4) is 0 Å². The first-order valence-corrected chi connectivity index (χ1v) is 10.2. The summed E-state index contributed by atoms with van der Waals surface area (Å²) < 4.78 is 34.9. The second kappa shape index (κ2) is 10.9. The lowest BCUT2D eigenvalue weighted by Gasteiger charge is -2.33. The number of hydrogen-bond acceptors (Lipinski definition) is 5. The fourth-order valence-electron chi connectivity index (χ4n) is 3.57. The van der Waals surface area contributed by atoms with Gasteiger partial charge >= 0.3 is 0 Å². The van der Waals surface area contributed by atoms with Crippen LogP contribution in [0.5, 0.6) is 0 Å². The second-order valence-corrected chi connectivity index (χ2v) is 7.87. The van der Waals surface area contributed by atoms with Crippen LogP contribution in [0.25, 0.3) is 0 Å². The summed E-state index contributed by atoms with van der Waals surface area (Å²) in [6.45, 7) is 6.85. The van der Waals surface area contributed by atoms with Crippen molar-refractivity contribution in [3.63, 3.8) is 0 Å². The van der Waals surface area contributed by atoms with Crippen molar-refractivity contribution in [3.05, 3.63) is 48.0 Å². The molecule has 0 saturated heterocycles. The zero-order chi connectivity index (χ0) is 19.8. The van der Waals surface area contributed by atoms with Gasteiger partial charge in [0.25, 0.3) is 0 Å². The zero-order valence-electron chi connectivity index (χ0n) is 16.2. The minimum absolute atomic E-state index is 0.0644. The van der Waals surface area contributed by atoms with Crippen molar-refractivity contribution in [1.82, 2.24) is 9.62 Å². The van der Waals surface area contributed by atoms with E-state index >= 15 is 0 Å². The van der Waals surface area contributed by atoms with E-state index in [1.54, 1.807) is 12.1 Å². The molecule has 2 unspecified atom stereocenters. The molecule has 0 aliphatic heterocycles. The molecule has 1 aliphatic carbocycles. The molecule has 2 rings (SSSR count). The van der Waals surface area contributed by atoms with Crippen LogP contribution < -0.4 is 10.5 Å². The molecule has 4 nitrogen and oxygen atoms in total. The van der Waals surface area contributed by atoms with E-state index in [1.807, 2.05) is 24.9 Å². The Morgan fingerprint density at radius 1 is 1.41 bits per heavy atom. The summed E-state index contributed by atoms with van der Waals surface area (Å²) in [7, 11) is 1.87. The number of benzene rings is 1. The fourth-order valence-corrected chi connectivity index (χ4v) is 3.91. The van der Waals surface area contributed by atoms with E-state index in [2.05, 4.69) is 11.3 Å². The average Bonchev–Trinajstić information content (AvgIpc) is 2.65. The Balaban J connectivity index is 1.83. The summed E-state index contributed by atoms with van der Waals surface area (Å²) in [5.74, 6) is 0.785. The maximum absolute atomic E-state index is 13.4. The quantitative estimate of drug-likeness (QED) is 0.573. The summed E-state index contributed by atoms with van der Waals surface area (Å²) in [5.41, 5.74) is 6.82. The van der Waals surface area contributed by atoms with E-state index in [0.717, 1.165) is 31.2 Å². The third-order valence-electron chi connectivity index (χ3n) is 5.48. The minimum atomic E-state index is -0.174. The van der Waals surface area contributed by atoms with Crippen LogP contribution in [0.4, 0.5) is 8.28 Å². The van der Waals surface area contributed by atoms with Crippen LogP contribution in [0.15, 0.2) is 36.7 Å². The highest BCUT2D eigenvalue weighted by molar-refractivity contribution is 7.92. The van der Waals surface area contributed by atoms with E-state index in [-0.39, 0.29) is 36.2 Å². The van der Waals surface area contributed by atoms with Crippen LogP contribution >= 0.6 is 12.3 Å². The van der Waals surface area contributed by atoms with Gasteiger partial charge in [0.15, 0.2) is 0 Å². The normalized spacial score (nSPS) is 22.2. The highest BCUT2D eigenvalue weighted by atomic mass is 32.2. The zero-order valence-corrected chi connectivity index (χ0v) is 17.0. The van der Waals surface area contributed by atoms with Crippen molar-refractivity contribution in [2.75, 3.05) is 20.2 Å². The van der Waals surface area contributed by atoms with Crippen LogP contribution in [0.1, 0.15) is 44.1 Å². The predicted molar refractivity (Wildman–Crippen MR) is 108 cm³/mol. The lowest BCUT2D eigenvalue weighted by atomic mass is 9.82. The van der Waals surface area contributed by atoms with Gasteiger partial charge < -0.3 is 15.4 Å². The molecule has 0 heterocycles. The summed E-state index contributed by atoms with van der Waals surface area (Å²) in [5, 5.41) is 0. The third-order valence-corrected chi connectivity index (χ3v) is 5.94. The molecular formula is C20H31F2N3OS. The molecule has 1 aromatic rings. The summed E-state index contributed by atoms with van der Waals surface area (Å²) in [6, 6.07) is 6.83. The summed E-state index contributed by atoms with van der Waals surface area (Å²) in [4.78, 5) is 1.86. The first-order chi connectivity index (χ1) is 12.9. The standard InChI is InChI=1S/C20H31F2N3OS/c1-14(24-27-22)18(12-25(3)15(2)23)13-26-20-9-7-16(8-10-20)17-5-4-6-19(21)11-17/h4-6,11,14,16,18,20,24H,2,7-10,12-13,23H2,1,3H3. The molecule has 0 spiro atoms. The van der Waals surface area contributed by atoms with Crippen molar-refractivity contribution in [2.45, 2.75) is 50.7 Å². The van der Waals surface area contributed by atoms with Crippen LogP contribution in [-0.2, 0) is 4.74 Å². The molecule has 1 aliphatic rings. The van der Waals surface area contributed by atoms with Crippen molar-refractivity contribution in [2.24, 2.45) is 11.7 Å². The number of nitrogens with two attached hydrogens (primary N) is 1. The van der Waals surface area contributed by atoms with Crippen molar-refractivity contribution in [3.8, 4) is 0 Å². The topological polar surface area (TPSA) is 50.5 Å². The number of nitrogens with one attached hydrogen (secondary N) is 1. The van der Waals surface area contributed by atoms with Crippen molar-refractivity contribution < 1.29 is 13.0 Å². The molecule has 3 N–H and O–H groups in total. The van der Waals surface area contributed by atoms with Crippen LogP contribution in [0.2, 0.25) is 0 Å².